The van der Waals surface area contributed by atoms with E-state index in [-0.39, 0.29) is 0 Å². The Morgan fingerprint density at radius 1 is 1.04 bits per heavy atom. The van der Waals surface area contributed by atoms with Gasteiger partial charge in [-0.2, -0.15) is 5.10 Å². The Bertz CT molecular complexity index is 1290. The summed E-state index contributed by atoms with van der Waals surface area (Å²) in [7, 11) is 1.63. The van der Waals surface area contributed by atoms with E-state index in [1.807, 2.05) is 48.5 Å². The van der Waals surface area contributed by atoms with Gasteiger partial charge < -0.3 is 4.74 Å². The van der Waals surface area contributed by atoms with Crippen LogP contribution in [0.4, 0.5) is 0 Å². The number of rotatable bonds is 3. The molecule has 27 heavy (non-hydrogen) atoms. The molecule has 8 heteroatoms. The van der Waals surface area contributed by atoms with Gasteiger partial charge in [0, 0.05) is 5.02 Å². The van der Waals surface area contributed by atoms with Crippen molar-refractivity contribution in [1.29, 1.82) is 0 Å². The molecule has 0 unspecified atom stereocenters. The highest BCUT2D eigenvalue weighted by molar-refractivity contribution is 6.30. The lowest BCUT2D eigenvalue weighted by atomic mass is 10.2. The lowest BCUT2D eigenvalue weighted by molar-refractivity contribution is 0.416. The van der Waals surface area contributed by atoms with Gasteiger partial charge in [-0.25, -0.2) is 19.2 Å². The first-order valence-corrected chi connectivity index (χ1v) is 8.61. The molecule has 0 fully saturated rings. The Morgan fingerprint density at radius 3 is 2.78 bits per heavy atom. The third-order valence-electron chi connectivity index (χ3n) is 4.31. The number of ether oxygens (including phenoxy) is 1. The lowest BCUT2D eigenvalue weighted by Gasteiger charge is -2.03. The maximum absolute atomic E-state index is 6.11. The molecular weight excluding hydrogens is 364 g/mol. The number of fused-ring (bicyclic) bond motifs is 3. The van der Waals surface area contributed by atoms with Crippen LogP contribution >= 0.6 is 11.6 Å². The minimum Gasteiger partial charge on any atom is -0.496 e. The van der Waals surface area contributed by atoms with Crippen molar-refractivity contribution in [3.63, 3.8) is 0 Å². The summed E-state index contributed by atoms with van der Waals surface area (Å²) in [5, 5.41) is 10.4. The zero-order valence-electron chi connectivity index (χ0n) is 14.2. The summed E-state index contributed by atoms with van der Waals surface area (Å²) in [5.74, 6) is 1.28. The second-order valence-electron chi connectivity index (χ2n) is 5.92. The summed E-state index contributed by atoms with van der Waals surface area (Å²) in [6, 6.07) is 15.1. The van der Waals surface area contributed by atoms with Gasteiger partial charge in [0.2, 0.25) is 0 Å². The van der Waals surface area contributed by atoms with Gasteiger partial charge in [-0.15, -0.1) is 5.10 Å². The standard InChI is InChI=1S/C19H13ClN6O/c1-27-16-8-3-2-7-14(16)17-23-19-15-10-22-26(13-6-4-5-12(20)9-13)18(15)21-11-25(19)24-17/h2-11H,1H3. The number of hydrogen-bond donors (Lipinski definition) is 0. The van der Waals surface area contributed by atoms with Gasteiger partial charge in [0.25, 0.3) is 0 Å². The van der Waals surface area contributed by atoms with Gasteiger partial charge in [-0.05, 0) is 30.3 Å². The molecule has 0 amide bonds. The van der Waals surface area contributed by atoms with Gasteiger partial charge in [0.15, 0.2) is 17.1 Å². The van der Waals surface area contributed by atoms with E-state index < -0.39 is 0 Å². The number of halogens is 1. The highest BCUT2D eigenvalue weighted by Gasteiger charge is 2.16. The van der Waals surface area contributed by atoms with E-state index in [4.69, 9.17) is 21.3 Å². The van der Waals surface area contributed by atoms with E-state index in [1.165, 1.54) is 0 Å². The lowest BCUT2D eigenvalue weighted by Crippen LogP contribution is -1.98. The molecule has 0 bridgehead atoms. The van der Waals surface area contributed by atoms with Crippen LogP contribution in [0.1, 0.15) is 0 Å². The molecule has 0 aliphatic heterocycles. The van der Waals surface area contributed by atoms with Gasteiger partial charge in [0.05, 0.1) is 29.9 Å². The number of nitrogens with zero attached hydrogens (tertiary/aromatic N) is 6. The van der Waals surface area contributed by atoms with Crippen molar-refractivity contribution in [2.45, 2.75) is 0 Å². The van der Waals surface area contributed by atoms with E-state index in [2.05, 4.69) is 15.2 Å². The molecule has 0 radical (unpaired) electrons. The van der Waals surface area contributed by atoms with Crippen molar-refractivity contribution >= 4 is 28.3 Å². The maximum atomic E-state index is 6.11. The quantitative estimate of drug-likeness (QED) is 0.479. The zero-order valence-corrected chi connectivity index (χ0v) is 15.0. The molecule has 0 aliphatic rings. The number of aromatic nitrogens is 6. The highest BCUT2D eigenvalue weighted by Crippen LogP contribution is 2.29. The van der Waals surface area contributed by atoms with Crippen LogP contribution in [-0.4, -0.2) is 36.5 Å². The van der Waals surface area contributed by atoms with Crippen molar-refractivity contribution in [1.82, 2.24) is 29.4 Å². The molecule has 0 atom stereocenters. The Kier molecular flexibility index (Phi) is 3.54. The van der Waals surface area contributed by atoms with Gasteiger partial charge in [0.1, 0.15) is 12.1 Å². The predicted octanol–water partition coefficient (Wildman–Crippen LogP) is 3.79. The van der Waals surface area contributed by atoms with Crippen molar-refractivity contribution in [3.05, 3.63) is 66.1 Å². The molecule has 0 spiro atoms. The summed E-state index contributed by atoms with van der Waals surface area (Å²) in [6.45, 7) is 0. The predicted molar refractivity (Wildman–Crippen MR) is 102 cm³/mol. The minimum absolute atomic E-state index is 0.567. The second kappa shape index (κ2) is 6.07. The molecule has 3 heterocycles. The minimum atomic E-state index is 0.567. The first-order chi connectivity index (χ1) is 13.2. The number of methoxy groups -OCH3 is 1. The van der Waals surface area contributed by atoms with E-state index in [0.717, 1.165) is 16.6 Å². The van der Waals surface area contributed by atoms with Crippen LogP contribution in [-0.2, 0) is 0 Å². The average Bonchev–Trinajstić information content (AvgIpc) is 3.31. The summed E-state index contributed by atoms with van der Waals surface area (Å²) in [6.07, 6.45) is 3.37. The van der Waals surface area contributed by atoms with E-state index >= 15 is 0 Å². The number of hydrogen-bond acceptors (Lipinski definition) is 5. The molecule has 0 saturated heterocycles. The Morgan fingerprint density at radius 2 is 1.93 bits per heavy atom. The third-order valence-corrected chi connectivity index (χ3v) is 4.54. The smallest absolute Gasteiger partial charge is 0.185 e. The van der Waals surface area contributed by atoms with Gasteiger partial charge >= 0.3 is 0 Å². The first kappa shape index (κ1) is 15.8. The van der Waals surface area contributed by atoms with E-state index in [1.54, 1.807) is 28.8 Å². The van der Waals surface area contributed by atoms with Crippen molar-refractivity contribution in [2.24, 2.45) is 0 Å². The normalized spacial score (nSPS) is 11.3. The first-order valence-electron chi connectivity index (χ1n) is 8.23. The van der Waals surface area contributed by atoms with E-state index in [0.29, 0.717) is 27.9 Å². The molecule has 0 N–H and O–H groups in total. The maximum Gasteiger partial charge on any atom is 0.185 e. The zero-order chi connectivity index (χ0) is 18.4. The monoisotopic (exact) mass is 376 g/mol. The van der Waals surface area contributed by atoms with Crippen LogP contribution in [0, 0.1) is 0 Å². The van der Waals surface area contributed by atoms with Crippen LogP contribution in [0.15, 0.2) is 61.1 Å². The van der Waals surface area contributed by atoms with Crippen molar-refractivity contribution in [3.8, 4) is 22.8 Å². The van der Waals surface area contributed by atoms with Crippen LogP contribution in [0.5, 0.6) is 5.75 Å². The van der Waals surface area contributed by atoms with Crippen LogP contribution < -0.4 is 4.74 Å². The van der Waals surface area contributed by atoms with Crippen LogP contribution in [0.2, 0.25) is 5.02 Å². The third kappa shape index (κ3) is 2.51. The largest absolute Gasteiger partial charge is 0.496 e. The highest BCUT2D eigenvalue weighted by atomic mass is 35.5. The summed E-state index contributed by atoms with van der Waals surface area (Å²) < 4.78 is 8.80. The Balaban J connectivity index is 1.71. The fourth-order valence-electron chi connectivity index (χ4n) is 3.06. The fraction of sp³-hybridized carbons (Fsp3) is 0.0526. The summed E-state index contributed by atoms with van der Waals surface area (Å²) in [4.78, 5) is 9.21. The average molecular weight is 377 g/mol. The Labute approximate surface area is 158 Å². The molecule has 132 valence electrons. The van der Waals surface area contributed by atoms with Crippen LogP contribution in [0.3, 0.4) is 0 Å². The number of para-hydroxylation sites is 1. The van der Waals surface area contributed by atoms with Gasteiger partial charge in [-0.3, -0.25) is 0 Å². The topological polar surface area (TPSA) is 70.1 Å². The van der Waals surface area contributed by atoms with Crippen LogP contribution in [0.25, 0.3) is 33.8 Å². The van der Waals surface area contributed by atoms with Gasteiger partial charge in [-0.1, -0.05) is 29.8 Å². The molecule has 5 rings (SSSR count). The fourth-order valence-corrected chi connectivity index (χ4v) is 3.25. The number of benzene rings is 2. The molecule has 7 nitrogen and oxygen atoms in total. The molecule has 0 saturated carbocycles. The summed E-state index contributed by atoms with van der Waals surface area (Å²) in [5.41, 5.74) is 3.01. The molecular formula is C19H13ClN6O. The molecule has 3 aromatic heterocycles. The van der Waals surface area contributed by atoms with Crippen molar-refractivity contribution < 1.29 is 4.74 Å². The van der Waals surface area contributed by atoms with E-state index in [9.17, 15) is 0 Å². The van der Waals surface area contributed by atoms with Crippen molar-refractivity contribution in [2.75, 3.05) is 7.11 Å². The molecule has 0 aliphatic carbocycles. The summed E-state index contributed by atoms with van der Waals surface area (Å²) >= 11 is 6.11. The Hall–Kier alpha value is -3.45. The second-order valence-corrected chi connectivity index (χ2v) is 6.36. The molecule has 2 aromatic carbocycles. The SMILES string of the molecule is COc1ccccc1-c1nc2c3cnn(-c4cccc(Cl)c4)c3ncn2n1. The molecule has 5 aromatic rings.